The van der Waals surface area contributed by atoms with Gasteiger partial charge < -0.3 is 20.5 Å². The molecule has 31 heavy (non-hydrogen) atoms. The molecule has 7 heteroatoms. The molecule has 0 spiro atoms. The van der Waals surface area contributed by atoms with Gasteiger partial charge in [-0.05, 0) is 70.1 Å². The predicted molar refractivity (Wildman–Crippen MR) is 127 cm³/mol. The van der Waals surface area contributed by atoms with Gasteiger partial charge in [0, 0.05) is 36.6 Å². The molecule has 0 saturated heterocycles. The third kappa shape index (κ3) is 6.28. The molecule has 7 nitrogen and oxygen atoms in total. The number of imidazole rings is 1. The number of nitrogens with zero attached hydrogens (tertiary/aromatic N) is 3. The maximum atomic E-state index is 12.8. The summed E-state index contributed by atoms with van der Waals surface area (Å²) >= 11 is 0. The van der Waals surface area contributed by atoms with Crippen LogP contribution in [0.2, 0.25) is 0 Å². The Morgan fingerprint density at radius 1 is 1.10 bits per heavy atom. The quantitative estimate of drug-likeness (QED) is 0.457. The minimum atomic E-state index is -0.109. The van der Waals surface area contributed by atoms with Gasteiger partial charge in [0.05, 0.1) is 5.56 Å². The Hall–Kier alpha value is -2.93. The van der Waals surface area contributed by atoms with E-state index in [0.29, 0.717) is 28.5 Å². The largest absolute Gasteiger partial charge is 0.384 e. The fourth-order valence-corrected chi connectivity index (χ4v) is 3.36. The molecule has 0 aliphatic carbocycles. The number of hydrogen-bond donors (Lipinski definition) is 3. The van der Waals surface area contributed by atoms with Gasteiger partial charge in [-0.3, -0.25) is 4.79 Å². The molecule has 0 fully saturated rings. The summed E-state index contributed by atoms with van der Waals surface area (Å²) in [6.45, 7) is 8.28. The van der Waals surface area contributed by atoms with E-state index in [-0.39, 0.29) is 11.9 Å². The number of likely N-dealkylation sites (N-methyl/N-ethyl adjacent to an activating group) is 1. The van der Waals surface area contributed by atoms with Gasteiger partial charge in [0.2, 0.25) is 0 Å². The van der Waals surface area contributed by atoms with Crippen LogP contribution in [0, 0.1) is 5.92 Å². The van der Waals surface area contributed by atoms with Crippen LogP contribution in [0.25, 0.3) is 22.6 Å². The first-order valence-corrected chi connectivity index (χ1v) is 11.0. The third-order valence-corrected chi connectivity index (χ3v) is 5.23. The van der Waals surface area contributed by atoms with E-state index in [0.717, 1.165) is 37.2 Å². The van der Waals surface area contributed by atoms with Gasteiger partial charge in [-0.1, -0.05) is 13.8 Å². The first kappa shape index (κ1) is 22.7. The van der Waals surface area contributed by atoms with Crippen molar-refractivity contribution < 1.29 is 4.79 Å². The molecule has 1 aromatic carbocycles. The van der Waals surface area contributed by atoms with Crippen LogP contribution < -0.4 is 10.6 Å². The number of rotatable bonds is 10. The summed E-state index contributed by atoms with van der Waals surface area (Å²) in [5, 5.41) is 6.50. The van der Waals surface area contributed by atoms with Crippen molar-refractivity contribution in [2.75, 3.05) is 32.5 Å². The summed E-state index contributed by atoms with van der Waals surface area (Å²) in [5.41, 5.74) is 3.78. The average molecular weight is 423 g/mol. The van der Waals surface area contributed by atoms with Crippen LogP contribution >= 0.6 is 0 Å². The SMILES string of the molecule is CC(C)CCC(C)NC(=O)c1ccnc2[nH]c(-c3ccc(NCCN(C)C)cc3)nc12. The Bertz CT molecular complexity index is 993. The molecule has 1 amide bonds. The second-order valence-corrected chi connectivity index (χ2v) is 8.79. The fourth-order valence-electron chi connectivity index (χ4n) is 3.36. The smallest absolute Gasteiger partial charge is 0.253 e. The van der Waals surface area contributed by atoms with Crippen molar-refractivity contribution in [3.05, 3.63) is 42.1 Å². The van der Waals surface area contributed by atoms with E-state index in [1.54, 1.807) is 12.3 Å². The minimum Gasteiger partial charge on any atom is -0.384 e. The first-order chi connectivity index (χ1) is 14.8. The highest BCUT2D eigenvalue weighted by atomic mass is 16.1. The molecule has 1 unspecified atom stereocenters. The monoisotopic (exact) mass is 422 g/mol. The zero-order valence-corrected chi connectivity index (χ0v) is 19.2. The summed E-state index contributed by atoms with van der Waals surface area (Å²) in [4.78, 5) is 27.3. The maximum absolute atomic E-state index is 12.8. The zero-order chi connectivity index (χ0) is 22.4. The lowest BCUT2D eigenvalue weighted by molar-refractivity contribution is 0.0938. The van der Waals surface area contributed by atoms with Gasteiger partial charge in [0.15, 0.2) is 5.65 Å². The molecular weight excluding hydrogens is 388 g/mol. The second-order valence-electron chi connectivity index (χ2n) is 8.79. The predicted octanol–water partition coefficient (Wildman–Crippen LogP) is 4.15. The molecule has 2 heterocycles. The number of amides is 1. The highest BCUT2D eigenvalue weighted by Crippen LogP contribution is 2.23. The van der Waals surface area contributed by atoms with Crippen molar-refractivity contribution in [3.8, 4) is 11.4 Å². The lowest BCUT2D eigenvalue weighted by Gasteiger charge is -2.15. The van der Waals surface area contributed by atoms with E-state index in [1.165, 1.54) is 0 Å². The molecule has 2 aromatic heterocycles. The molecule has 0 radical (unpaired) electrons. The Kier molecular flexibility index (Phi) is 7.63. The van der Waals surface area contributed by atoms with Crippen LogP contribution in [0.5, 0.6) is 0 Å². The molecular formula is C24H34N6O. The maximum Gasteiger partial charge on any atom is 0.253 e. The number of aromatic nitrogens is 3. The van der Waals surface area contributed by atoms with Crippen LogP contribution in [0.3, 0.4) is 0 Å². The summed E-state index contributed by atoms with van der Waals surface area (Å²) < 4.78 is 0. The average Bonchev–Trinajstić information content (AvgIpc) is 3.16. The molecule has 3 aromatic rings. The van der Waals surface area contributed by atoms with Gasteiger partial charge in [0.1, 0.15) is 11.3 Å². The van der Waals surface area contributed by atoms with Crippen LogP contribution in [-0.2, 0) is 0 Å². The van der Waals surface area contributed by atoms with Gasteiger partial charge in [-0.2, -0.15) is 0 Å². The van der Waals surface area contributed by atoms with Crippen molar-refractivity contribution in [1.29, 1.82) is 0 Å². The van der Waals surface area contributed by atoms with E-state index in [9.17, 15) is 4.79 Å². The molecule has 0 saturated carbocycles. The number of benzene rings is 1. The van der Waals surface area contributed by atoms with Crippen molar-refractivity contribution in [2.45, 2.75) is 39.7 Å². The van der Waals surface area contributed by atoms with E-state index < -0.39 is 0 Å². The van der Waals surface area contributed by atoms with Crippen LogP contribution in [0.4, 0.5) is 5.69 Å². The summed E-state index contributed by atoms with van der Waals surface area (Å²) in [5.74, 6) is 1.22. The lowest BCUT2D eigenvalue weighted by Crippen LogP contribution is -2.32. The van der Waals surface area contributed by atoms with Gasteiger partial charge in [0.25, 0.3) is 5.91 Å². The topological polar surface area (TPSA) is 85.9 Å². The van der Waals surface area contributed by atoms with Crippen molar-refractivity contribution in [3.63, 3.8) is 0 Å². The zero-order valence-electron chi connectivity index (χ0n) is 19.2. The molecule has 0 aliphatic heterocycles. The van der Waals surface area contributed by atoms with Crippen molar-refractivity contribution >= 4 is 22.8 Å². The normalized spacial score (nSPS) is 12.5. The van der Waals surface area contributed by atoms with Crippen molar-refractivity contribution in [2.24, 2.45) is 5.92 Å². The number of carbonyl (C=O) groups excluding carboxylic acids is 1. The molecule has 3 rings (SSSR count). The second kappa shape index (κ2) is 10.4. The fraction of sp³-hybridized carbons (Fsp3) is 0.458. The van der Waals surface area contributed by atoms with E-state index in [4.69, 9.17) is 4.98 Å². The summed E-state index contributed by atoms with van der Waals surface area (Å²) in [6, 6.07) is 9.96. The number of nitrogens with one attached hydrogen (secondary N) is 3. The van der Waals surface area contributed by atoms with E-state index in [1.807, 2.05) is 31.2 Å². The number of hydrogen-bond acceptors (Lipinski definition) is 5. The number of H-pyrrole nitrogens is 1. The summed E-state index contributed by atoms with van der Waals surface area (Å²) in [6.07, 6.45) is 3.69. The third-order valence-electron chi connectivity index (χ3n) is 5.23. The van der Waals surface area contributed by atoms with E-state index >= 15 is 0 Å². The Morgan fingerprint density at radius 3 is 2.52 bits per heavy atom. The number of aromatic amines is 1. The molecule has 3 N–H and O–H groups in total. The standard InChI is InChI=1S/C24H34N6O/c1-16(2)6-7-17(3)27-24(31)20-12-13-26-23-21(20)28-22(29-23)18-8-10-19(11-9-18)25-14-15-30(4)5/h8-13,16-17,25H,6-7,14-15H2,1-5H3,(H,27,31)(H,26,28,29). The minimum absolute atomic E-state index is 0.109. The molecule has 1 atom stereocenters. The van der Waals surface area contributed by atoms with E-state index in [2.05, 4.69) is 53.4 Å². The highest BCUT2D eigenvalue weighted by Gasteiger charge is 2.17. The Labute approximate surface area is 184 Å². The number of anilines is 1. The summed E-state index contributed by atoms with van der Waals surface area (Å²) in [7, 11) is 4.11. The first-order valence-electron chi connectivity index (χ1n) is 11.0. The molecule has 0 bridgehead atoms. The van der Waals surface area contributed by atoms with Crippen LogP contribution in [-0.4, -0.2) is 59.0 Å². The Balaban J connectivity index is 1.73. The van der Waals surface area contributed by atoms with Gasteiger partial charge >= 0.3 is 0 Å². The van der Waals surface area contributed by atoms with Crippen LogP contribution in [0.15, 0.2) is 36.5 Å². The highest BCUT2D eigenvalue weighted by molar-refractivity contribution is 6.04. The number of carbonyl (C=O) groups is 1. The molecule has 166 valence electrons. The lowest BCUT2D eigenvalue weighted by atomic mass is 10.0. The Morgan fingerprint density at radius 2 is 1.84 bits per heavy atom. The number of pyridine rings is 1. The number of fused-ring (bicyclic) bond motifs is 1. The van der Waals surface area contributed by atoms with Gasteiger partial charge in [-0.15, -0.1) is 0 Å². The van der Waals surface area contributed by atoms with Gasteiger partial charge in [-0.25, -0.2) is 9.97 Å². The molecule has 0 aliphatic rings. The van der Waals surface area contributed by atoms with Crippen molar-refractivity contribution in [1.82, 2.24) is 25.2 Å². The van der Waals surface area contributed by atoms with Crippen LogP contribution in [0.1, 0.15) is 44.0 Å².